The number of benzene rings is 1. The minimum absolute atomic E-state index is 0.0808. The molecule has 1 aromatic carbocycles. The SMILES string of the molecule is Clc1ccc(C(Cl)CC2CC2)cc1Cl. The minimum atomic E-state index is 0.0808. The quantitative estimate of drug-likeness (QED) is 0.656. The lowest BCUT2D eigenvalue weighted by atomic mass is 10.1. The van der Waals surface area contributed by atoms with Gasteiger partial charge < -0.3 is 0 Å². The topological polar surface area (TPSA) is 0 Å². The molecule has 1 fully saturated rings. The largest absolute Gasteiger partial charge is 0.118 e. The average molecular weight is 250 g/mol. The Morgan fingerprint density at radius 1 is 1.21 bits per heavy atom. The maximum Gasteiger partial charge on any atom is 0.0595 e. The summed E-state index contributed by atoms with van der Waals surface area (Å²) < 4.78 is 0. The molecule has 0 aliphatic heterocycles. The Labute approximate surface area is 99.2 Å². The zero-order valence-electron chi connectivity index (χ0n) is 7.64. The molecule has 0 saturated heterocycles. The van der Waals surface area contributed by atoms with E-state index in [9.17, 15) is 0 Å². The third-order valence-corrected chi connectivity index (χ3v) is 3.71. The van der Waals surface area contributed by atoms with Crippen LogP contribution in [0.25, 0.3) is 0 Å². The van der Waals surface area contributed by atoms with Gasteiger partial charge in [-0.3, -0.25) is 0 Å². The van der Waals surface area contributed by atoms with Crippen LogP contribution in [0.1, 0.15) is 30.2 Å². The molecule has 0 spiro atoms. The second kappa shape index (κ2) is 4.30. The van der Waals surface area contributed by atoms with Crippen LogP contribution < -0.4 is 0 Å². The Kier molecular flexibility index (Phi) is 3.26. The van der Waals surface area contributed by atoms with Gasteiger partial charge in [0.2, 0.25) is 0 Å². The van der Waals surface area contributed by atoms with Crippen molar-refractivity contribution in [3.63, 3.8) is 0 Å². The summed E-state index contributed by atoms with van der Waals surface area (Å²) in [5.41, 5.74) is 1.08. The molecule has 1 aliphatic carbocycles. The molecule has 1 atom stereocenters. The van der Waals surface area contributed by atoms with E-state index >= 15 is 0 Å². The van der Waals surface area contributed by atoms with Gasteiger partial charge in [0.1, 0.15) is 0 Å². The van der Waals surface area contributed by atoms with Crippen molar-refractivity contribution in [1.29, 1.82) is 0 Å². The minimum Gasteiger partial charge on any atom is -0.118 e. The molecule has 0 bridgehead atoms. The highest BCUT2D eigenvalue weighted by Crippen LogP contribution is 2.41. The van der Waals surface area contributed by atoms with E-state index in [0.29, 0.717) is 10.0 Å². The van der Waals surface area contributed by atoms with Crippen LogP contribution in [0.15, 0.2) is 18.2 Å². The second-order valence-corrected chi connectivity index (χ2v) is 5.16. The number of halogens is 3. The molecule has 0 aromatic heterocycles. The molecule has 3 heteroatoms. The van der Waals surface area contributed by atoms with E-state index in [2.05, 4.69) is 0 Å². The van der Waals surface area contributed by atoms with E-state index in [4.69, 9.17) is 34.8 Å². The van der Waals surface area contributed by atoms with Crippen molar-refractivity contribution in [3.8, 4) is 0 Å². The summed E-state index contributed by atoms with van der Waals surface area (Å²) in [4.78, 5) is 0. The fourth-order valence-corrected chi connectivity index (χ4v) is 2.18. The Hall–Kier alpha value is 0.0900. The predicted molar refractivity (Wildman–Crippen MR) is 62.4 cm³/mol. The monoisotopic (exact) mass is 248 g/mol. The summed E-state index contributed by atoms with van der Waals surface area (Å²) in [5.74, 6) is 0.826. The molecule has 1 unspecified atom stereocenters. The molecule has 0 N–H and O–H groups in total. The fourth-order valence-electron chi connectivity index (χ4n) is 1.49. The number of hydrogen-bond acceptors (Lipinski definition) is 0. The third kappa shape index (κ3) is 2.56. The standard InChI is InChI=1S/C11H11Cl3/c12-9-4-3-8(6-11(9)14)10(13)5-7-1-2-7/h3-4,6-7,10H,1-2,5H2. The van der Waals surface area contributed by atoms with E-state index in [1.165, 1.54) is 12.8 Å². The van der Waals surface area contributed by atoms with E-state index in [0.717, 1.165) is 17.9 Å². The Balaban J connectivity index is 2.10. The maximum absolute atomic E-state index is 6.26. The lowest BCUT2D eigenvalue weighted by Crippen LogP contribution is -1.91. The van der Waals surface area contributed by atoms with Gasteiger partial charge in [-0.15, -0.1) is 11.6 Å². The molecule has 1 aliphatic rings. The smallest absolute Gasteiger partial charge is 0.0595 e. The van der Waals surface area contributed by atoms with Crippen molar-refractivity contribution in [2.24, 2.45) is 5.92 Å². The van der Waals surface area contributed by atoms with Crippen LogP contribution in [0.5, 0.6) is 0 Å². The van der Waals surface area contributed by atoms with Gasteiger partial charge in [0, 0.05) is 0 Å². The van der Waals surface area contributed by atoms with E-state index in [-0.39, 0.29) is 5.38 Å². The first-order valence-electron chi connectivity index (χ1n) is 4.76. The number of alkyl halides is 1. The van der Waals surface area contributed by atoms with Gasteiger partial charge in [0.25, 0.3) is 0 Å². The molecule has 14 heavy (non-hydrogen) atoms. The molecular weight excluding hydrogens is 238 g/mol. The summed E-state index contributed by atoms with van der Waals surface area (Å²) in [6.07, 6.45) is 3.70. The highest BCUT2D eigenvalue weighted by atomic mass is 35.5. The number of rotatable bonds is 3. The van der Waals surface area contributed by atoms with Gasteiger partial charge in [0.05, 0.1) is 15.4 Å². The van der Waals surface area contributed by atoms with Crippen molar-refractivity contribution >= 4 is 34.8 Å². The normalized spacial score (nSPS) is 18.2. The first-order chi connectivity index (χ1) is 6.66. The fraction of sp³-hybridized carbons (Fsp3) is 0.455. The summed E-state index contributed by atoms with van der Waals surface area (Å²) in [6, 6.07) is 5.62. The van der Waals surface area contributed by atoms with E-state index in [1.807, 2.05) is 18.2 Å². The lowest BCUT2D eigenvalue weighted by Gasteiger charge is -2.09. The van der Waals surface area contributed by atoms with Gasteiger partial charge >= 0.3 is 0 Å². The molecule has 0 heterocycles. The second-order valence-electron chi connectivity index (χ2n) is 3.82. The molecular formula is C11H11Cl3. The van der Waals surface area contributed by atoms with Crippen LogP contribution in [0.4, 0.5) is 0 Å². The Bertz CT molecular complexity index is 331. The highest BCUT2D eigenvalue weighted by molar-refractivity contribution is 6.42. The highest BCUT2D eigenvalue weighted by Gasteiger charge is 2.25. The van der Waals surface area contributed by atoms with Crippen molar-refractivity contribution in [1.82, 2.24) is 0 Å². The molecule has 1 saturated carbocycles. The lowest BCUT2D eigenvalue weighted by molar-refractivity contribution is 0.706. The summed E-state index contributed by atoms with van der Waals surface area (Å²) in [6.45, 7) is 0. The predicted octanol–water partition coefficient (Wildman–Crippen LogP) is 5.07. The van der Waals surface area contributed by atoms with Gasteiger partial charge in [-0.05, 0) is 30.0 Å². The first kappa shape index (κ1) is 10.6. The van der Waals surface area contributed by atoms with Crippen LogP contribution in [0, 0.1) is 5.92 Å². The van der Waals surface area contributed by atoms with Gasteiger partial charge in [-0.25, -0.2) is 0 Å². The molecule has 1 aromatic rings. The van der Waals surface area contributed by atoms with E-state index < -0.39 is 0 Å². The van der Waals surface area contributed by atoms with Crippen molar-refractivity contribution in [3.05, 3.63) is 33.8 Å². The van der Waals surface area contributed by atoms with Crippen LogP contribution in [0.3, 0.4) is 0 Å². The molecule has 2 rings (SSSR count). The number of hydrogen-bond donors (Lipinski definition) is 0. The van der Waals surface area contributed by atoms with Crippen LogP contribution in [0.2, 0.25) is 10.0 Å². The first-order valence-corrected chi connectivity index (χ1v) is 5.95. The summed E-state index contributed by atoms with van der Waals surface area (Å²) in [5, 5.41) is 1.26. The van der Waals surface area contributed by atoms with Gasteiger partial charge in [-0.1, -0.05) is 42.1 Å². The van der Waals surface area contributed by atoms with Crippen molar-refractivity contribution in [2.45, 2.75) is 24.6 Å². The van der Waals surface area contributed by atoms with Crippen LogP contribution in [-0.4, -0.2) is 0 Å². The Morgan fingerprint density at radius 3 is 2.50 bits per heavy atom. The molecule has 0 radical (unpaired) electrons. The average Bonchev–Trinajstić information content (AvgIpc) is 2.93. The van der Waals surface area contributed by atoms with Gasteiger partial charge in [0.15, 0.2) is 0 Å². The molecule has 0 nitrogen and oxygen atoms in total. The summed E-state index contributed by atoms with van der Waals surface area (Å²) >= 11 is 18.0. The van der Waals surface area contributed by atoms with E-state index in [1.54, 1.807) is 0 Å². The zero-order valence-corrected chi connectivity index (χ0v) is 9.91. The van der Waals surface area contributed by atoms with Gasteiger partial charge in [-0.2, -0.15) is 0 Å². The van der Waals surface area contributed by atoms with Crippen LogP contribution >= 0.6 is 34.8 Å². The zero-order chi connectivity index (χ0) is 10.1. The Morgan fingerprint density at radius 2 is 1.93 bits per heavy atom. The van der Waals surface area contributed by atoms with Crippen LogP contribution in [-0.2, 0) is 0 Å². The molecule has 0 amide bonds. The maximum atomic E-state index is 6.26. The molecule has 76 valence electrons. The van der Waals surface area contributed by atoms with Crippen molar-refractivity contribution in [2.75, 3.05) is 0 Å². The van der Waals surface area contributed by atoms with Crippen molar-refractivity contribution < 1.29 is 0 Å². The third-order valence-electron chi connectivity index (χ3n) is 2.54. The summed E-state index contributed by atoms with van der Waals surface area (Å²) in [7, 11) is 0.